The zero-order chi connectivity index (χ0) is 23.7. The average Bonchev–Trinajstić information content (AvgIpc) is 2.98. The second-order valence-electron chi connectivity index (χ2n) is 8.71. The monoisotopic (exact) mass is 474 g/mol. The molecule has 3 rings (SSSR count). The van der Waals surface area contributed by atoms with Crippen molar-refractivity contribution in [1.29, 1.82) is 0 Å². The molecule has 1 aromatic carbocycles. The van der Waals surface area contributed by atoms with Gasteiger partial charge >= 0.3 is 12.3 Å². The van der Waals surface area contributed by atoms with Crippen LogP contribution in [0, 0.1) is 0 Å². The van der Waals surface area contributed by atoms with Gasteiger partial charge in [-0.25, -0.2) is 4.79 Å². The van der Waals surface area contributed by atoms with Gasteiger partial charge in [0.1, 0.15) is 17.4 Å². The van der Waals surface area contributed by atoms with Crippen molar-refractivity contribution in [3.63, 3.8) is 0 Å². The lowest BCUT2D eigenvalue weighted by Gasteiger charge is -2.29. The molecule has 32 heavy (non-hydrogen) atoms. The molecule has 1 unspecified atom stereocenters. The van der Waals surface area contributed by atoms with Crippen molar-refractivity contribution in [1.82, 2.24) is 9.80 Å². The van der Waals surface area contributed by atoms with Crippen LogP contribution in [0.2, 0.25) is 5.02 Å². The summed E-state index contributed by atoms with van der Waals surface area (Å²) in [5, 5.41) is 4.96. The van der Waals surface area contributed by atoms with Crippen LogP contribution >= 0.6 is 11.6 Å². The van der Waals surface area contributed by atoms with Crippen LogP contribution in [-0.2, 0) is 9.53 Å². The molecule has 1 fully saturated rings. The van der Waals surface area contributed by atoms with E-state index in [9.17, 15) is 22.8 Å². The molecular formula is C21H26ClF3N4O3. The van der Waals surface area contributed by atoms with Gasteiger partial charge in [-0.05, 0) is 39.3 Å². The molecule has 7 nitrogen and oxygen atoms in total. The van der Waals surface area contributed by atoms with Crippen LogP contribution in [0.5, 0.6) is 0 Å². The number of carbonyl (C=O) groups excluding carboxylic acids is 2. The smallest absolute Gasteiger partial charge is 0.431 e. The summed E-state index contributed by atoms with van der Waals surface area (Å²) in [6.07, 6.45) is -5.22. The topological polar surface area (TPSA) is 65.5 Å². The summed E-state index contributed by atoms with van der Waals surface area (Å²) >= 11 is 6.18. The van der Waals surface area contributed by atoms with Gasteiger partial charge in [0, 0.05) is 32.6 Å². The maximum absolute atomic E-state index is 13.4. The summed E-state index contributed by atoms with van der Waals surface area (Å²) in [6.45, 7) is 6.41. The molecule has 2 heterocycles. The highest BCUT2D eigenvalue weighted by atomic mass is 35.5. The normalized spacial score (nSPS) is 20.2. The third kappa shape index (κ3) is 5.65. The van der Waals surface area contributed by atoms with E-state index in [1.807, 2.05) is 0 Å². The number of ether oxygens (including phenoxy) is 1. The number of benzene rings is 1. The van der Waals surface area contributed by atoms with Gasteiger partial charge in [0.2, 0.25) is 5.91 Å². The highest BCUT2D eigenvalue weighted by Gasteiger charge is 2.47. The molecule has 2 amide bonds. The standard InChI is InChI=1S/C21H26ClF3N4O3/c1-20(2,3)32-19(31)28-10-6-9-27(11-12-28)18(30)16-13-17(21(23,24)25)26-29(16)15-8-5-4-7-14(15)22/h4-5,7-8,16H,6,9-13H2,1-3H3. The largest absolute Gasteiger partial charge is 0.444 e. The number of alkyl halides is 3. The fourth-order valence-electron chi connectivity index (χ4n) is 3.59. The van der Waals surface area contributed by atoms with Gasteiger partial charge in [-0.2, -0.15) is 18.3 Å². The number of rotatable bonds is 2. The van der Waals surface area contributed by atoms with E-state index in [2.05, 4.69) is 5.10 Å². The van der Waals surface area contributed by atoms with E-state index < -0.39 is 42.0 Å². The maximum Gasteiger partial charge on any atom is 0.431 e. The van der Waals surface area contributed by atoms with Crippen LogP contribution in [0.1, 0.15) is 33.6 Å². The lowest BCUT2D eigenvalue weighted by Crippen LogP contribution is -2.47. The Morgan fingerprint density at radius 3 is 2.31 bits per heavy atom. The Morgan fingerprint density at radius 2 is 1.69 bits per heavy atom. The van der Waals surface area contributed by atoms with Crippen molar-refractivity contribution >= 4 is 35.0 Å². The first-order chi connectivity index (χ1) is 14.9. The van der Waals surface area contributed by atoms with E-state index in [0.29, 0.717) is 19.5 Å². The third-order valence-electron chi connectivity index (χ3n) is 5.08. The van der Waals surface area contributed by atoms with Crippen LogP contribution in [-0.4, -0.2) is 71.5 Å². The molecule has 0 bridgehead atoms. The highest BCUT2D eigenvalue weighted by Crippen LogP contribution is 2.35. The van der Waals surface area contributed by atoms with E-state index >= 15 is 0 Å². The summed E-state index contributed by atoms with van der Waals surface area (Å²) in [6, 6.07) is 5.16. The highest BCUT2D eigenvalue weighted by molar-refractivity contribution is 6.33. The SMILES string of the molecule is CC(C)(C)OC(=O)N1CCCN(C(=O)C2CC(C(F)(F)F)=NN2c2ccccc2Cl)CC1. The fraction of sp³-hybridized carbons (Fsp3) is 0.571. The Bertz CT molecular complexity index is 901. The quantitative estimate of drug-likeness (QED) is 0.641. The number of para-hydroxylation sites is 1. The van der Waals surface area contributed by atoms with Crippen molar-refractivity contribution in [2.24, 2.45) is 5.10 Å². The molecule has 0 radical (unpaired) electrons. The molecule has 2 aliphatic rings. The number of nitrogens with zero attached hydrogens (tertiary/aromatic N) is 4. The number of amides is 2. The Morgan fingerprint density at radius 1 is 1.06 bits per heavy atom. The predicted octanol–water partition coefficient (Wildman–Crippen LogP) is 4.31. The Kier molecular flexibility index (Phi) is 6.92. The summed E-state index contributed by atoms with van der Waals surface area (Å²) in [7, 11) is 0. The second-order valence-corrected chi connectivity index (χ2v) is 9.11. The van der Waals surface area contributed by atoms with Crippen molar-refractivity contribution in [3.05, 3.63) is 29.3 Å². The minimum Gasteiger partial charge on any atom is -0.444 e. The zero-order valence-electron chi connectivity index (χ0n) is 18.2. The fourth-order valence-corrected chi connectivity index (χ4v) is 3.81. The first-order valence-corrected chi connectivity index (χ1v) is 10.7. The van der Waals surface area contributed by atoms with E-state index in [4.69, 9.17) is 16.3 Å². The molecule has 11 heteroatoms. The van der Waals surface area contributed by atoms with Crippen LogP contribution in [0.25, 0.3) is 0 Å². The molecule has 1 atom stereocenters. The first kappa shape index (κ1) is 24.2. The minimum atomic E-state index is -4.65. The number of hydrogen-bond donors (Lipinski definition) is 0. The van der Waals surface area contributed by atoms with Gasteiger partial charge in [0.05, 0.1) is 10.7 Å². The van der Waals surface area contributed by atoms with Crippen LogP contribution < -0.4 is 5.01 Å². The number of anilines is 1. The van der Waals surface area contributed by atoms with Gasteiger partial charge in [-0.1, -0.05) is 23.7 Å². The predicted molar refractivity (Wildman–Crippen MR) is 115 cm³/mol. The van der Waals surface area contributed by atoms with E-state index in [1.54, 1.807) is 32.9 Å². The van der Waals surface area contributed by atoms with Gasteiger partial charge in [0.25, 0.3) is 0 Å². The van der Waals surface area contributed by atoms with Gasteiger partial charge in [-0.3, -0.25) is 9.80 Å². The number of hydrogen-bond acceptors (Lipinski definition) is 5. The number of carbonyl (C=O) groups is 2. The van der Waals surface area contributed by atoms with Crippen LogP contribution in [0.4, 0.5) is 23.7 Å². The molecule has 1 aromatic rings. The van der Waals surface area contributed by atoms with Gasteiger partial charge in [-0.15, -0.1) is 0 Å². The molecule has 0 aliphatic carbocycles. The summed E-state index contributed by atoms with van der Waals surface area (Å²) in [5.41, 5.74) is -1.44. The lowest BCUT2D eigenvalue weighted by molar-refractivity contribution is -0.132. The summed E-state index contributed by atoms with van der Waals surface area (Å²) in [5.74, 6) is -0.487. The first-order valence-electron chi connectivity index (χ1n) is 10.3. The number of hydrazone groups is 1. The second kappa shape index (κ2) is 9.17. The van der Waals surface area contributed by atoms with E-state index in [1.165, 1.54) is 21.9 Å². The van der Waals surface area contributed by atoms with Crippen LogP contribution in [0.15, 0.2) is 29.4 Å². The Balaban J connectivity index is 1.77. The van der Waals surface area contributed by atoms with Gasteiger partial charge < -0.3 is 14.5 Å². The average molecular weight is 475 g/mol. The molecule has 176 valence electrons. The minimum absolute atomic E-state index is 0.187. The van der Waals surface area contributed by atoms with Crippen molar-refractivity contribution in [3.8, 4) is 0 Å². The maximum atomic E-state index is 13.4. The summed E-state index contributed by atoms with van der Waals surface area (Å²) in [4.78, 5) is 28.6. The van der Waals surface area contributed by atoms with E-state index in [0.717, 1.165) is 5.01 Å². The number of halogens is 4. The molecule has 1 saturated heterocycles. The third-order valence-corrected chi connectivity index (χ3v) is 5.40. The zero-order valence-corrected chi connectivity index (χ0v) is 18.9. The lowest BCUT2D eigenvalue weighted by atomic mass is 10.1. The van der Waals surface area contributed by atoms with Crippen LogP contribution in [0.3, 0.4) is 0 Å². The Hall–Kier alpha value is -2.49. The van der Waals surface area contributed by atoms with Crippen molar-refractivity contribution in [2.45, 2.75) is 51.4 Å². The Labute approximate surface area is 189 Å². The molecule has 0 N–H and O–H groups in total. The molecular weight excluding hydrogens is 449 g/mol. The van der Waals surface area contributed by atoms with Crippen molar-refractivity contribution in [2.75, 3.05) is 31.2 Å². The molecule has 0 spiro atoms. The van der Waals surface area contributed by atoms with E-state index in [-0.39, 0.29) is 23.8 Å². The molecule has 0 aromatic heterocycles. The van der Waals surface area contributed by atoms with Crippen molar-refractivity contribution < 1.29 is 27.5 Å². The molecule has 2 aliphatic heterocycles. The van der Waals surface area contributed by atoms with Gasteiger partial charge in [0.15, 0.2) is 0 Å². The summed E-state index contributed by atoms with van der Waals surface area (Å²) < 4.78 is 45.6. The molecule has 0 saturated carbocycles.